The summed E-state index contributed by atoms with van der Waals surface area (Å²) in [4.78, 5) is 18.7. The average molecular weight is 216 g/mol. The van der Waals surface area contributed by atoms with Gasteiger partial charge in [0.1, 0.15) is 5.82 Å². The summed E-state index contributed by atoms with van der Waals surface area (Å²) in [6.07, 6.45) is 3.50. The van der Waals surface area contributed by atoms with E-state index in [1.54, 1.807) is 30.6 Å². The number of nitrogen functional groups attached to an aromatic ring is 2. The molecule has 0 aliphatic carbocycles. The summed E-state index contributed by atoms with van der Waals surface area (Å²) in [6, 6.07) is 4.84. The summed E-state index contributed by atoms with van der Waals surface area (Å²) in [5.41, 5.74) is 12.7. The number of nitrogens with zero attached hydrogens (tertiary/aromatic N) is 1. The van der Waals surface area contributed by atoms with Crippen molar-refractivity contribution in [3.8, 4) is 0 Å². The monoisotopic (exact) mass is 216 g/mol. The number of ketones is 1. The second-order valence-corrected chi connectivity index (χ2v) is 3.52. The van der Waals surface area contributed by atoms with Gasteiger partial charge >= 0.3 is 0 Å². The highest BCUT2D eigenvalue weighted by atomic mass is 16.1. The van der Waals surface area contributed by atoms with E-state index in [0.29, 0.717) is 22.8 Å². The molecule has 1 aromatic heterocycles. The van der Waals surface area contributed by atoms with E-state index in [4.69, 9.17) is 11.5 Å². The maximum Gasteiger partial charge on any atom is 0.170 e. The average Bonchev–Trinajstić information content (AvgIpc) is 2.68. The number of H-pyrrole nitrogens is 1. The number of Topliss-reactive ketones (excluding diaryl/α,β-unsaturated/α-hetero) is 1. The fourth-order valence-electron chi connectivity index (χ4n) is 1.49. The minimum Gasteiger partial charge on any atom is -0.399 e. The highest BCUT2D eigenvalue weighted by molar-refractivity contribution is 5.98. The minimum absolute atomic E-state index is 0.0612. The van der Waals surface area contributed by atoms with E-state index >= 15 is 0 Å². The van der Waals surface area contributed by atoms with Crippen LogP contribution >= 0.6 is 0 Å². The molecule has 2 aromatic rings. The molecular weight excluding hydrogens is 204 g/mol. The topological polar surface area (TPSA) is 97.8 Å². The van der Waals surface area contributed by atoms with E-state index in [2.05, 4.69) is 9.97 Å². The number of nitrogens with two attached hydrogens (primary N) is 2. The molecule has 16 heavy (non-hydrogen) atoms. The largest absolute Gasteiger partial charge is 0.399 e. The molecule has 0 amide bonds. The molecule has 2 rings (SSSR count). The Morgan fingerprint density at radius 2 is 1.94 bits per heavy atom. The molecule has 5 nitrogen and oxygen atoms in total. The number of hydrogen-bond acceptors (Lipinski definition) is 4. The number of carbonyl (C=O) groups is 1. The number of rotatable bonds is 3. The van der Waals surface area contributed by atoms with Crippen LogP contribution in [0.5, 0.6) is 0 Å². The molecule has 0 saturated carbocycles. The highest BCUT2D eigenvalue weighted by Crippen LogP contribution is 2.15. The van der Waals surface area contributed by atoms with Gasteiger partial charge in [0.05, 0.1) is 6.42 Å². The standard InChI is InChI=1S/C11H12N4O/c12-8-3-7(4-9(13)5-8)10(16)6-11-14-1-2-15-11/h1-5H,6,12-13H2,(H,14,15). The molecule has 5 N–H and O–H groups in total. The molecule has 0 radical (unpaired) electrons. The zero-order chi connectivity index (χ0) is 11.5. The van der Waals surface area contributed by atoms with Crippen molar-refractivity contribution in [3.63, 3.8) is 0 Å². The van der Waals surface area contributed by atoms with E-state index in [-0.39, 0.29) is 12.2 Å². The first-order chi connectivity index (χ1) is 7.65. The van der Waals surface area contributed by atoms with Gasteiger partial charge < -0.3 is 16.5 Å². The lowest BCUT2D eigenvalue weighted by Gasteiger charge is -2.02. The molecule has 0 saturated heterocycles. The first-order valence-corrected chi connectivity index (χ1v) is 4.82. The Hall–Kier alpha value is -2.30. The summed E-state index contributed by atoms with van der Waals surface area (Å²) in [6.45, 7) is 0. The van der Waals surface area contributed by atoms with Gasteiger partial charge in [0.2, 0.25) is 0 Å². The summed E-state index contributed by atoms with van der Waals surface area (Å²) in [7, 11) is 0. The molecule has 82 valence electrons. The van der Waals surface area contributed by atoms with Crippen molar-refractivity contribution in [2.45, 2.75) is 6.42 Å². The number of nitrogens with one attached hydrogen (secondary N) is 1. The minimum atomic E-state index is -0.0612. The molecule has 0 unspecified atom stereocenters. The Morgan fingerprint density at radius 1 is 1.25 bits per heavy atom. The van der Waals surface area contributed by atoms with Gasteiger partial charge in [0.25, 0.3) is 0 Å². The van der Waals surface area contributed by atoms with Crippen molar-refractivity contribution in [1.29, 1.82) is 0 Å². The number of imidazole rings is 1. The number of aromatic amines is 1. The zero-order valence-corrected chi connectivity index (χ0v) is 8.60. The molecule has 0 bridgehead atoms. The number of carbonyl (C=O) groups excluding carboxylic acids is 1. The molecule has 0 aliphatic heterocycles. The molecule has 0 fully saturated rings. The van der Waals surface area contributed by atoms with Crippen LogP contribution in [0.2, 0.25) is 0 Å². The Balaban J connectivity index is 2.21. The molecule has 0 aliphatic rings. The van der Waals surface area contributed by atoms with Gasteiger partial charge in [-0.15, -0.1) is 0 Å². The van der Waals surface area contributed by atoms with Crippen molar-refractivity contribution in [1.82, 2.24) is 9.97 Å². The maximum absolute atomic E-state index is 11.8. The molecule has 5 heteroatoms. The van der Waals surface area contributed by atoms with Crippen LogP contribution < -0.4 is 11.5 Å². The third-order valence-electron chi connectivity index (χ3n) is 2.18. The van der Waals surface area contributed by atoms with Gasteiger partial charge in [0, 0.05) is 29.3 Å². The smallest absolute Gasteiger partial charge is 0.170 e. The lowest BCUT2D eigenvalue weighted by Crippen LogP contribution is -2.06. The fraction of sp³-hybridized carbons (Fsp3) is 0.0909. The van der Waals surface area contributed by atoms with Crippen LogP contribution in [0.15, 0.2) is 30.6 Å². The van der Waals surface area contributed by atoms with Gasteiger partial charge in [-0.25, -0.2) is 4.98 Å². The third-order valence-corrected chi connectivity index (χ3v) is 2.18. The highest BCUT2D eigenvalue weighted by Gasteiger charge is 2.09. The third kappa shape index (κ3) is 2.20. The van der Waals surface area contributed by atoms with Gasteiger partial charge in [-0.3, -0.25) is 4.79 Å². The number of anilines is 2. The predicted octanol–water partition coefficient (Wildman–Crippen LogP) is 1.000. The van der Waals surface area contributed by atoms with Gasteiger partial charge in [-0.1, -0.05) is 0 Å². The fourth-order valence-corrected chi connectivity index (χ4v) is 1.49. The van der Waals surface area contributed by atoms with Crippen molar-refractivity contribution in [3.05, 3.63) is 42.0 Å². The lowest BCUT2D eigenvalue weighted by molar-refractivity contribution is 0.0991. The van der Waals surface area contributed by atoms with Gasteiger partial charge in [-0.05, 0) is 18.2 Å². The zero-order valence-electron chi connectivity index (χ0n) is 8.60. The van der Waals surface area contributed by atoms with E-state index in [0.717, 1.165) is 0 Å². The lowest BCUT2D eigenvalue weighted by atomic mass is 10.1. The van der Waals surface area contributed by atoms with Crippen LogP contribution in [0.25, 0.3) is 0 Å². The number of hydrogen-bond donors (Lipinski definition) is 3. The Kier molecular flexibility index (Phi) is 2.59. The molecule has 0 atom stereocenters. The summed E-state index contributed by atoms with van der Waals surface area (Å²) >= 11 is 0. The van der Waals surface area contributed by atoms with Crippen LogP contribution in [0.1, 0.15) is 16.2 Å². The summed E-state index contributed by atoms with van der Waals surface area (Å²) in [5, 5.41) is 0. The predicted molar refractivity (Wildman–Crippen MR) is 61.9 cm³/mol. The van der Waals surface area contributed by atoms with E-state index in [1.165, 1.54) is 0 Å². The Morgan fingerprint density at radius 3 is 2.50 bits per heavy atom. The number of benzene rings is 1. The normalized spacial score (nSPS) is 10.2. The second-order valence-electron chi connectivity index (χ2n) is 3.52. The molecular formula is C11H12N4O. The van der Waals surface area contributed by atoms with Crippen molar-refractivity contribution >= 4 is 17.2 Å². The molecule has 1 aromatic carbocycles. The van der Waals surface area contributed by atoms with Crippen LogP contribution in [0.3, 0.4) is 0 Å². The van der Waals surface area contributed by atoms with Crippen molar-refractivity contribution in [2.75, 3.05) is 11.5 Å². The van der Waals surface area contributed by atoms with Crippen LogP contribution in [-0.2, 0) is 6.42 Å². The van der Waals surface area contributed by atoms with E-state index in [1.807, 2.05) is 0 Å². The van der Waals surface area contributed by atoms with Crippen LogP contribution in [0, 0.1) is 0 Å². The second kappa shape index (κ2) is 4.06. The van der Waals surface area contributed by atoms with Crippen molar-refractivity contribution < 1.29 is 4.79 Å². The van der Waals surface area contributed by atoms with Gasteiger partial charge in [-0.2, -0.15) is 0 Å². The van der Waals surface area contributed by atoms with Gasteiger partial charge in [0.15, 0.2) is 5.78 Å². The first kappa shape index (κ1) is 10.2. The van der Waals surface area contributed by atoms with Crippen molar-refractivity contribution in [2.24, 2.45) is 0 Å². The van der Waals surface area contributed by atoms with Crippen LogP contribution in [-0.4, -0.2) is 15.8 Å². The molecule has 0 spiro atoms. The SMILES string of the molecule is Nc1cc(N)cc(C(=O)Cc2ncc[nH]2)c1. The van der Waals surface area contributed by atoms with E-state index in [9.17, 15) is 4.79 Å². The quantitative estimate of drug-likeness (QED) is 0.526. The number of aromatic nitrogens is 2. The van der Waals surface area contributed by atoms with E-state index < -0.39 is 0 Å². The Labute approximate surface area is 92.5 Å². The summed E-state index contributed by atoms with van der Waals surface area (Å²) < 4.78 is 0. The van der Waals surface area contributed by atoms with Crippen LogP contribution in [0.4, 0.5) is 11.4 Å². The maximum atomic E-state index is 11.8. The Bertz CT molecular complexity index is 484. The summed E-state index contributed by atoms with van der Waals surface area (Å²) in [5.74, 6) is 0.569. The first-order valence-electron chi connectivity index (χ1n) is 4.82. The molecule has 1 heterocycles.